The Morgan fingerprint density at radius 2 is 1.10 bits per heavy atom. The number of nitrogens with zero attached hydrogens (tertiary/aromatic N) is 1. The molecule has 6 aromatic rings. The van der Waals surface area contributed by atoms with E-state index in [-0.39, 0.29) is 22.7 Å². The highest BCUT2D eigenvalue weighted by molar-refractivity contribution is 7.82. The van der Waals surface area contributed by atoms with E-state index >= 15 is 0 Å². The number of anilines is 3. The Bertz CT molecular complexity index is 2520. The molecule has 1 saturated carbocycles. The van der Waals surface area contributed by atoms with Crippen LogP contribution in [-0.4, -0.2) is 10.6 Å². The first-order valence-corrected chi connectivity index (χ1v) is 22.7. The molecule has 3 aliphatic carbocycles. The molecule has 3 unspecified atom stereocenters. The maximum absolute atomic E-state index is 8.67. The van der Waals surface area contributed by atoms with Gasteiger partial charge in [-0.1, -0.05) is 151 Å². The predicted molar refractivity (Wildman–Crippen MR) is 255 cm³/mol. The second-order valence-electron chi connectivity index (χ2n) is 17.7. The normalized spacial score (nSPS) is 18.8. The van der Waals surface area contributed by atoms with Crippen LogP contribution in [0.2, 0.25) is 0 Å². The molecule has 1 N–H and O–H groups in total. The second-order valence-corrected chi connectivity index (χ2v) is 18.2. The lowest BCUT2D eigenvalue weighted by atomic mass is 9.71. The van der Waals surface area contributed by atoms with Crippen LogP contribution < -0.4 is 4.90 Å². The summed E-state index contributed by atoms with van der Waals surface area (Å²) in [5.74, 6) is 0.807. The van der Waals surface area contributed by atoms with Crippen LogP contribution in [0.25, 0.3) is 22.3 Å². The molecular weight excluding hydrogens is 733 g/mol. The molecule has 0 radical (unpaired) electrons. The van der Waals surface area contributed by atoms with E-state index in [2.05, 4.69) is 180 Å². The average molecular weight is 791 g/mol. The highest BCUT2D eigenvalue weighted by atomic mass is 32.1. The molecular formula is C56H58N2S. The number of fused-ring (bicyclic) bond motifs is 6. The molecule has 0 spiro atoms. The lowest BCUT2D eigenvalue weighted by molar-refractivity contribution is 0.488. The van der Waals surface area contributed by atoms with E-state index in [9.17, 15) is 0 Å². The van der Waals surface area contributed by atoms with Crippen molar-refractivity contribution in [1.29, 1.82) is 5.41 Å². The molecule has 0 amide bonds. The largest absolute Gasteiger partial charge is 0.310 e. The van der Waals surface area contributed by atoms with Crippen molar-refractivity contribution in [1.82, 2.24) is 0 Å². The summed E-state index contributed by atoms with van der Waals surface area (Å²) in [6.07, 6.45) is 7.30. The zero-order chi connectivity index (χ0) is 41.1. The predicted octanol–water partition coefficient (Wildman–Crippen LogP) is 15.6. The molecule has 2 nitrogen and oxygen atoms in total. The molecule has 3 heteroatoms. The van der Waals surface area contributed by atoms with Gasteiger partial charge in [0.15, 0.2) is 0 Å². The molecule has 0 heterocycles. The van der Waals surface area contributed by atoms with Gasteiger partial charge in [0.05, 0.1) is 0 Å². The summed E-state index contributed by atoms with van der Waals surface area (Å²) in [5.41, 5.74) is 19.7. The minimum Gasteiger partial charge on any atom is -0.310 e. The number of hydrogen-bond donors (Lipinski definition) is 1. The third kappa shape index (κ3) is 6.26. The Labute approximate surface area is 358 Å². The molecule has 1 fully saturated rings. The summed E-state index contributed by atoms with van der Waals surface area (Å²) in [5, 5.41) is 8.67. The van der Waals surface area contributed by atoms with Crippen LogP contribution in [0.4, 0.5) is 17.1 Å². The molecule has 0 aliphatic heterocycles. The van der Waals surface area contributed by atoms with E-state index in [0.29, 0.717) is 11.6 Å². The topological polar surface area (TPSA) is 27.1 Å². The molecule has 298 valence electrons. The van der Waals surface area contributed by atoms with Crippen LogP contribution in [-0.2, 0) is 17.3 Å². The maximum atomic E-state index is 8.67. The van der Waals surface area contributed by atoms with E-state index in [4.69, 9.17) is 17.6 Å². The molecule has 0 saturated heterocycles. The summed E-state index contributed by atoms with van der Waals surface area (Å²) in [7, 11) is 0. The molecule has 3 aliphatic rings. The first-order valence-electron chi connectivity index (χ1n) is 22.3. The molecule has 6 aromatic carbocycles. The van der Waals surface area contributed by atoms with Crippen molar-refractivity contribution in [3.8, 4) is 22.3 Å². The third-order valence-corrected chi connectivity index (χ3v) is 15.5. The van der Waals surface area contributed by atoms with Crippen LogP contribution in [0.5, 0.6) is 0 Å². The summed E-state index contributed by atoms with van der Waals surface area (Å²) in [6, 6.07) is 50.6. The summed E-state index contributed by atoms with van der Waals surface area (Å²) < 4.78 is 0. The summed E-state index contributed by atoms with van der Waals surface area (Å²) in [6.45, 7) is 14.1. The zero-order valence-electron chi connectivity index (χ0n) is 35.7. The summed E-state index contributed by atoms with van der Waals surface area (Å²) >= 11 is 5.91. The Morgan fingerprint density at radius 1 is 0.593 bits per heavy atom. The zero-order valence-corrected chi connectivity index (χ0v) is 36.6. The number of benzene rings is 6. The second kappa shape index (κ2) is 15.5. The lowest BCUT2D eigenvalue weighted by Gasteiger charge is -2.32. The monoisotopic (exact) mass is 790 g/mol. The van der Waals surface area contributed by atoms with Gasteiger partial charge < -0.3 is 10.3 Å². The fourth-order valence-electron chi connectivity index (χ4n) is 11.4. The van der Waals surface area contributed by atoms with Crippen LogP contribution in [0.3, 0.4) is 0 Å². The molecule has 0 aromatic heterocycles. The van der Waals surface area contributed by atoms with Crippen molar-refractivity contribution in [2.24, 2.45) is 5.92 Å². The van der Waals surface area contributed by atoms with Gasteiger partial charge in [-0.3, -0.25) is 0 Å². The molecule has 3 atom stereocenters. The van der Waals surface area contributed by atoms with Gasteiger partial charge >= 0.3 is 0 Å². The van der Waals surface area contributed by atoms with Crippen LogP contribution in [0.15, 0.2) is 133 Å². The number of hydrogen-bond acceptors (Lipinski definition) is 3. The van der Waals surface area contributed by atoms with Gasteiger partial charge in [-0.2, -0.15) is 0 Å². The Morgan fingerprint density at radius 3 is 1.69 bits per heavy atom. The van der Waals surface area contributed by atoms with Crippen LogP contribution >= 0.6 is 12.2 Å². The van der Waals surface area contributed by atoms with Crippen molar-refractivity contribution in [3.05, 3.63) is 172 Å². The quantitative estimate of drug-likeness (QED) is 0.132. The smallest absolute Gasteiger partial charge is 0.0487 e. The van der Waals surface area contributed by atoms with Gasteiger partial charge in [0.25, 0.3) is 0 Å². The number of rotatable bonds is 11. The molecule has 0 bridgehead atoms. The Balaban J connectivity index is 1.03. The minimum absolute atomic E-state index is 0.0237. The van der Waals surface area contributed by atoms with Gasteiger partial charge in [0, 0.05) is 44.4 Å². The number of thiocarbonyl (C=S) groups is 1. The fourth-order valence-corrected chi connectivity index (χ4v) is 11.8. The van der Waals surface area contributed by atoms with Gasteiger partial charge in [0.1, 0.15) is 0 Å². The van der Waals surface area contributed by atoms with E-state index in [0.717, 1.165) is 49.8 Å². The Hall–Kier alpha value is -5.12. The van der Waals surface area contributed by atoms with Gasteiger partial charge in [-0.15, -0.1) is 0 Å². The maximum Gasteiger partial charge on any atom is 0.0487 e. The average Bonchev–Trinajstić information content (AvgIpc) is 3.71. The fraction of sp³-hybridized carbons (Fsp3) is 0.321. The van der Waals surface area contributed by atoms with Crippen molar-refractivity contribution in [2.45, 2.75) is 109 Å². The highest BCUT2D eigenvalue weighted by Crippen LogP contribution is 2.56. The first-order chi connectivity index (χ1) is 28.7. The van der Waals surface area contributed by atoms with Crippen molar-refractivity contribution in [2.75, 3.05) is 4.90 Å². The van der Waals surface area contributed by atoms with Crippen molar-refractivity contribution < 1.29 is 0 Å². The SMILES string of the molecule is CCC1(CC)c2cc(C(C)Cc3ccc4c(c3)C(CC)(CC)c3cc(N(c5ccccc5)c5ccccc5)ccc3-4)ccc2-c2ccc(C3CCC(C)C(=N)C3=S)cc21. The van der Waals surface area contributed by atoms with E-state index < -0.39 is 0 Å². The van der Waals surface area contributed by atoms with Crippen LogP contribution in [0.1, 0.15) is 131 Å². The summed E-state index contributed by atoms with van der Waals surface area (Å²) in [4.78, 5) is 3.24. The molecule has 9 rings (SSSR count). The van der Waals surface area contributed by atoms with E-state index in [1.54, 1.807) is 0 Å². The van der Waals surface area contributed by atoms with Gasteiger partial charge in [-0.25, -0.2) is 0 Å². The third-order valence-electron chi connectivity index (χ3n) is 15.0. The van der Waals surface area contributed by atoms with Gasteiger partial charge in [-0.05, 0) is 154 Å². The van der Waals surface area contributed by atoms with Crippen molar-refractivity contribution >= 4 is 39.9 Å². The minimum atomic E-state index is -0.0428. The number of nitrogens with one attached hydrogen (secondary N) is 1. The molecule has 59 heavy (non-hydrogen) atoms. The van der Waals surface area contributed by atoms with E-state index in [1.165, 1.54) is 78.3 Å². The van der Waals surface area contributed by atoms with E-state index in [1.807, 2.05) is 0 Å². The van der Waals surface area contributed by atoms with Crippen molar-refractivity contribution in [3.63, 3.8) is 0 Å². The van der Waals surface area contributed by atoms with Crippen LogP contribution in [0, 0.1) is 11.3 Å². The first kappa shape index (κ1) is 39.3. The Kier molecular flexibility index (Phi) is 10.3. The highest BCUT2D eigenvalue weighted by Gasteiger charge is 2.43. The lowest BCUT2D eigenvalue weighted by Crippen LogP contribution is -2.31. The number of para-hydroxylation sites is 2. The standard InChI is InChI=1S/C56H58N2S/c1-7-55(8-2)49-32-38(22-27-45(49)48-30-25-43(35-52(48)55)58(41-17-13-11-14-18-41)42-19-15-12-16-20-42)31-37(6)39-23-28-46-47-29-24-40(44-26-21-36(5)53(57)54(44)59)34-51(47)56(9-3,10-4)50(46)33-39/h11-20,22-25,27-30,32-37,44,57H,7-10,21,26,31H2,1-6H3. The van der Waals surface area contributed by atoms with Gasteiger partial charge in [0.2, 0.25) is 0 Å².